The maximum Gasteiger partial charge on any atom is 0.407 e. The molecule has 3 rings (SSSR count). The second kappa shape index (κ2) is 13.8. The number of allylic oxidation sites excluding steroid dienone is 1. The van der Waals surface area contributed by atoms with E-state index in [0.29, 0.717) is 18.2 Å². The number of carbonyl (C=O) groups is 3. The molecule has 0 aliphatic rings. The van der Waals surface area contributed by atoms with E-state index in [-0.39, 0.29) is 29.7 Å². The number of nitrogens with one attached hydrogen (secondary N) is 3. The second-order valence-electron chi connectivity index (χ2n) is 9.95. The van der Waals surface area contributed by atoms with Crippen molar-refractivity contribution in [3.8, 4) is 0 Å². The molecule has 0 spiro atoms. The third-order valence-corrected chi connectivity index (χ3v) is 6.41. The lowest BCUT2D eigenvalue weighted by molar-refractivity contribution is -0.123. The fourth-order valence-corrected chi connectivity index (χ4v) is 4.26. The van der Waals surface area contributed by atoms with Crippen LogP contribution < -0.4 is 16.2 Å². The quantitative estimate of drug-likeness (QED) is 0.237. The molecule has 1 unspecified atom stereocenters. The Morgan fingerprint density at radius 3 is 2.62 bits per heavy atom. The summed E-state index contributed by atoms with van der Waals surface area (Å²) >= 11 is 6.37. The Morgan fingerprint density at radius 2 is 1.95 bits per heavy atom. The van der Waals surface area contributed by atoms with Crippen LogP contribution in [0.4, 0.5) is 10.5 Å². The topological polar surface area (TPSA) is 138 Å². The molecule has 1 aromatic carbocycles. The fraction of sp³-hybridized carbons (Fsp3) is 0.393. The summed E-state index contributed by atoms with van der Waals surface area (Å²) in [6, 6.07) is 7.82. The number of pyridine rings is 1. The Labute approximate surface area is 237 Å². The van der Waals surface area contributed by atoms with Crippen molar-refractivity contribution < 1.29 is 19.1 Å². The first kappa shape index (κ1) is 30.4. The fourth-order valence-electron chi connectivity index (χ4n) is 4.06. The van der Waals surface area contributed by atoms with Crippen LogP contribution in [-0.4, -0.2) is 64.6 Å². The van der Waals surface area contributed by atoms with E-state index in [1.807, 2.05) is 18.2 Å². The Morgan fingerprint density at radius 1 is 1.20 bits per heavy atom. The summed E-state index contributed by atoms with van der Waals surface area (Å²) in [4.78, 5) is 59.3. The predicted molar refractivity (Wildman–Crippen MR) is 154 cm³/mol. The predicted octanol–water partition coefficient (Wildman–Crippen LogP) is 3.71. The summed E-state index contributed by atoms with van der Waals surface area (Å²) in [7, 11) is 4.43. The highest BCUT2D eigenvalue weighted by Crippen LogP contribution is 2.21. The molecule has 3 amide bonds. The number of nitrogens with zero attached hydrogens (tertiary/aromatic N) is 3. The first-order valence-electron chi connectivity index (χ1n) is 12.9. The number of fused-ring (bicyclic) bond motifs is 1. The molecule has 1 atom stereocenters. The van der Waals surface area contributed by atoms with Crippen molar-refractivity contribution in [2.24, 2.45) is 5.92 Å². The lowest BCUT2D eigenvalue weighted by Gasteiger charge is -2.17. The van der Waals surface area contributed by atoms with Crippen LogP contribution in [0.25, 0.3) is 11.0 Å². The van der Waals surface area contributed by atoms with Crippen LogP contribution in [0.1, 0.15) is 38.1 Å². The van der Waals surface area contributed by atoms with Crippen molar-refractivity contribution in [3.63, 3.8) is 0 Å². The van der Waals surface area contributed by atoms with Crippen LogP contribution in [-0.2, 0) is 27.3 Å². The van der Waals surface area contributed by atoms with Crippen LogP contribution in [0.2, 0.25) is 5.15 Å². The minimum atomic E-state index is -1.02. The van der Waals surface area contributed by atoms with E-state index in [9.17, 15) is 19.2 Å². The molecule has 214 valence electrons. The zero-order valence-electron chi connectivity index (χ0n) is 23.3. The molecule has 2 aromatic heterocycles. The van der Waals surface area contributed by atoms with E-state index in [0.717, 1.165) is 23.0 Å². The number of imidazole rings is 1. The largest absolute Gasteiger partial charge is 0.453 e. The van der Waals surface area contributed by atoms with E-state index >= 15 is 0 Å². The molecule has 12 heteroatoms. The summed E-state index contributed by atoms with van der Waals surface area (Å²) < 4.78 is 5.93. The van der Waals surface area contributed by atoms with Gasteiger partial charge in [0.15, 0.2) is 0 Å². The number of alkyl carbamates (subject to hydrolysis) is 1. The van der Waals surface area contributed by atoms with Crippen LogP contribution >= 0.6 is 11.6 Å². The van der Waals surface area contributed by atoms with Gasteiger partial charge >= 0.3 is 6.09 Å². The number of H-pyrrole nitrogens is 1. The first-order valence-corrected chi connectivity index (χ1v) is 13.3. The summed E-state index contributed by atoms with van der Waals surface area (Å²) in [6.07, 6.45) is 3.54. The number of aromatic nitrogens is 3. The maximum atomic E-state index is 13.3. The number of methoxy groups -OCH3 is 1. The van der Waals surface area contributed by atoms with E-state index in [1.54, 1.807) is 20.2 Å². The molecule has 0 saturated carbocycles. The molecule has 0 aliphatic heterocycles. The van der Waals surface area contributed by atoms with Gasteiger partial charge in [0, 0.05) is 14.1 Å². The number of benzene rings is 1. The number of para-hydroxylation sites is 1. The first-order chi connectivity index (χ1) is 19.0. The number of halogens is 1. The highest BCUT2D eigenvalue weighted by molar-refractivity contribution is 6.29. The lowest BCUT2D eigenvalue weighted by atomic mass is 10.0. The monoisotopic (exact) mass is 570 g/mol. The van der Waals surface area contributed by atoms with Gasteiger partial charge in [0.2, 0.25) is 11.8 Å². The van der Waals surface area contributed by atoms with Crippen molar-refractivity contribution in [1.29, 1.82) is 0 Å². The number of anilines is 1. The highest BCUT2D eigenvalue weighted by Gasteiger charge is 2.22. The van der Waals surface area contributed by atoms with Gasteiger partial charge in [-0.25, -0.2) is 9.78 Å². The van der Waals surface area contributed by atoms with E-state index < -0.39 is 23.6 Å². The zero-order valence-corrected chi connectivity index (χ0v) is 24.0. The van der Waals surface area contributed by atoms with Gasteiger partial charge in [-0.15, -0.1) is 0 Å². The minimum Gasteiger partial charge on any atom is -0.453 e. The molecule has 0 aliphatic carbocycles. The van der Waals surface area contributed by atoms with E-state index in [1.165, 1.54) is 34.8 Å². The summed E-state index contributed by atoms with van der Waals surface area (Å²) in [6.45, 7) is 4.34. The van der Waals surface area contributed by atoms with Crippen molar-refractivity contribution >= 4 is 46.2 Å². The summed E-state index contributed by atoms with van der Waals surface area (Å²) in [5, 5.41) is 5.22. The van der Waals surface area contributed by atoms with Crippen molar-refractivity contribution in [2.75, 3.05) is 26.5 Å². The molecular weight excluding hydrogens is 536 g/mol. The molecule has 0 fully saturated rings. The van der Waals surface area contributed by atoms with Gasteiger partial charge in [0.25, 0.3) is 5.56 Å². The van der Waals surface area contributed by atoms with Gasteiger partial charge in [-0.2, -0.15) is 0 Å². The molecule has 3 N–H and O–H groups in total. The Kier molecular flexibility index (Phi) is 10.5. The van der Waals surface area contributed by atoms with Gasteiger partial charge in [-0.05, 0) is 55.0 Å². The van der Waals surface area contributed by atoms with E-state index in [2.05, 4.69) is 34.2 Å². The summed E-state index contributed by atoms with van der Waals surface area (Å²) in [5.74, 6) is 0.176. The lowest BCUT2D eigenvalue weighted by Crippen LogP contribution is -2.44. The molecule has 0 bridgehead atoms. The molecule has 0 saturated heterocycles. The number of hydrogen-bond donors (Lipinski definition) is 3. The van der Waals surface area contributed by atoms with Crippen LogP contribution in [0.3, 0.4) is 0 Å². The number of hydrogen-bond acceptors (Lipinski definition) is 6. The van der Waals surface area contributed by atoms with Gasteiger partial charge in [-0.1, -0.05) is 43.7 Å². The van der Waals surface area contributed by atoms with Crippen LogP contribution in [0.15, 0.2) is 47.3 Å². The molecule has 3 aromatic rings. The third-order valence-electron chi connectivity index (χ3n) is 6.08. The van der Waals surface area contributed by atoms with E-state index in [4.69, 9.17) is 16.6 Å². The normalized spacial score (nSPS) is 12.1. The van der Waals surface area contributed by atoms with Gasteiger partial charge < -0.3 is 25.3 Å². The highest BCUT2D eigenvalue weighted by atomic mass is 35.5. The average molecular weight is 571 g/mol. The van der Waals surface area contributed by atoms with Gasteiger partial charge in [-0.3, -0.25) is 19.0 Å². The Hall–Kier alpha value is -4.12. The maximum absolute atomic E-state index is 13.3. The standard InChI is InChI=1S/C28H35ClN6O5/c1-17(2)15-18-9-8-11-19-25(18)33-23(30-19)16-35-22(29)14-13-21(27(35)38)31-26(37)20(32-28(39)40-5)10-6-7-12-24(36)34(3)4/h7-9,11-14,17,20H,6,10,15-16H2,1-5H3,(H,30,33)(H,31,37)(H,32,39). The smallest absolute Gasteiger partial charge is 0.407 e. The number of carbonyl (C=O) groups excluding carboxylic acids is 3. The SMILES string of the molecule is COC(=O)NC(CCC=CC(=O)N(C)C)C(=O)Nc1ccc(Cl)n(Cc2nc3c(CC(C)C)cccc3[nH]2)c1=O. The Bertz CT molecular complexity index is 1460. The third kappa shape index (κ3) is 7.95. The van der Waals surface area contributed by atoms with Crippen molar-refractivity contribution in [2.45, 2.75) is 45.7 Å². The molecular formula is C28H35ClN6O5. The Balaban J connectivity index is 1.80. The number of aromatic amines is 1. The van der Waals surface area contributed by atoms with Crippen molar-refractivity contribution in [3.05, 3.63) is 69.4 Å². The number of ether oxygens (including phenoxy) is 1. The molecule has 11 nitrogen and oxygen atoms in total. The number of amides is 3. The molecule has 0 radical (unpaired) electrons. The van der Waals surface area contributed by atoms with Crippen molar-refractivity contribution in [1.82, 2.24) is 24.8 Å². The van der Waals surface area contributed by atoms with Gasteiger partial charge in [0.1, 0.15) is 22.7 Å². The zero-order chi connectivity index (χ0) is 29.4. The molecule has 40 heavy (non-hydrogen) atoms. The minimum absolute atomic E-state index is 0.0130. The van der Waals surface area contributed by atoms with Gasteiger partial charge in [0.05, 0.1) is 24.7 Å². The number of rotatable bonds is 11. The second-order valence-corrected chi connectivity index (χ2v) is 10.3. The number of likely N-dealkylation sites (N-methyl/N-ethyl adjacent to an activating group) is 1. The summed E-state index contributed by atoms with van der Waals surface area (Å²) in [5.41, 5.74) is 2.27. The van der Waals surface area contributed by atoms with Crippen LogP contribution in [0.5, 0.6) is 0 Å². The average Bonchev–Trinajstić information content (AvgIpc) is 3.33. The van der Waals surface area contributed by atoms with Crippen LogP contribution in [0, 0.1) is 5.92 Å². The molecule has 2 heterocycles.